The van der Waals surface area contributed by atoms with E-state index in [0.29, 0.717) is 17.9 Å². The predicted molar refractivity (Wildman–Crippen MR) is 202 cm³/mol. The summed E-state index contributed by atoms with van der Waals surface area (Å²) in [4.78, 5) is 10.9. The van der Waals surface area contributed by atoms with E-state index >= 15 is 0 Å². The van der Waals surface area contributed by atoms with Gasteiger partial charge >= 0.3 is 0 Å². The molecule has 0 amide bonds. The molecule has 0 fully saturated rings. The van der Waals surface area contributed by atoms with Gasteiger partial charge in [-0.05, 0) is 78.1 Å². The summed E-state index contributed by atoms with van der Waals surface area (Å²) in [5, 5.41) is 39.5. The summed E-state index contributed by atoms with van der Waals surface area (Å²) < 4.78 is 7.91. The molecule has 0 saturated heterocycles. The molecule has 0 atom stereocenters. The van der Waals surface area contributed by atoms with Gasteiger partial charge in [0.2, 0.25) is 36.3 Å². The number of hydrogen-bond donors (Lipinski definition) is 2. The zero-order valence-corrected chi connectivity index (χ0v) is 29.6. The first-order valence-electron chi connectivity index (χ1n) is 17.4. The van der Waals surface area contributed by atoms with E-state index in [-0.39, 0.29) is 23.5 Å². The second-order valence-electron chi connectivity index (χ2n) is 11.9. The molecular formula is C44H41BN2O7. The molecule has 2 aromatic heterocycles. The molecular weight excluding hydrogens is 679 g/mol. The van der Waals surface area contributed by atoms with E-state index in [0.717, 1.165) is 6.42 Å². The number of aromatic hydroxyl groups is 2. The minimum absolute atomic E-state index is 0.159. The quantitative estimate of drug-likeness (QED) is 0.0734. The molecule has 7 aromatic rings. The SMILES string of the molecule is Oc1ccc(O[n+]2ccccc2)cc1.Oc1ccc(O[n+]2ccccc2)cc1.[O-]B([O-])OCCCC(c1ccccc1)(c1ccccc1)c1ccccc1. The first-order chi connectivity index (χ1) is 26.4. The third kappa shape index (κ3) is 11.8. The lowest BCUT2D eigenvalue weighted by Crippen LogP contribution is -2.48. The number of benzene rings is 5. The number of phenolic OH excluding ortho intramolecular Hbond substituents is 2. The van der Waals surface area contributed by atoms with Crippen LogP contribution < -0.4 is 29.2 Å². The lowest BCUT2D eigenvalue weighted by Gasteiger charge is -2.37. The van der Waals surface area contributed by atoms with Crippen molar-refractivity contribution in [3.8, 4) is 23.0 Å². The van der Waals surface area contributed by atoms with Gasteiger partial charge in [0.15, 0.2) is 0 Å². The van der Waals surface area contributed by atoms with E-state index in [1.165, 1.54) is 16.7 Å². The second-order valence-corrected chi connectivity index (χ2v) is 11.9. The van der Waals surface area contributed by atoms with Gasteiger partial charge in [-0.2, -0.15) is 0 Å². The first-order valence-corrected chi connectivity index (χ1v) is 17.4. The van der Waals surface area contributed by atoms with Crippen molar-refractivity contribution in [3.63, 3.8) is 0 Å². The highest BCUT2D eigenvalue weighted by atomic mass is 16.7. The summed E-state index contributed by atoms with van der Waals surface area (Å²) in [7, 11) is -2.23. The van der Waals surface area contributed by atoms with E-state index < -0.39 is 7.32 Å². The van der Waals surface area contributed by atoms with E-state index in [9.17, 15) is 10.0 Å². The van der Waals surface area contributed by atoms with Crippen LogP contribution in [-0.4, -0.2) is 24.1 Å². The Hall–Kier alpha value is -6.46. The monoisotopic (exact) mass is 720 g/mol. The van der Waals surface area contributed by atoms with Crippen LogP contribution in [0.5, 0.6) is 23.0 Å². The molecule has 0 radical (unpaired) electrons. The Morgan fingerprint density at radius 1 is 0.463 bits per heavy atom. The van der Waals surface area contributed by atoms with Gasteiger partial charge in [-0.15, -0.1) is 0 Å². The van der Waals surface area contributed by atoms with Gasteiger partial charge in [0.1, 0.15) is 11.5 Å². The molecule has 7 rings (SSSR count). The van der Waals surface area contributed by atoms with Crippen molar-refractivity contribution in [1.82, 2.24) is 0 Å². The zero-order chi connectivity index (χ0) is 37.9. The first kappa shape index (κ1) is 38.8. The molecule has 2 N–H and O–H groups in total. The minimum atomic E-state index is -2.23. The van der Waals surface area contributed by atoms with E-state index in [1.807, 2.05) is 91.0 Å². The third-order valence-electron chi connectivity index (χ3n) is 8.22. The van der Waals surface area contributed by atoms with Crippen LogP contribution in [0, 0.1) is 0 Å². The molecule has 5 aromatic carbocycles. The van der Waals surface area contributed by atoms with Crippen LogP contribution in [0.25, 0.3) is 0 Å². The summed E-state index contributed by atoms with van der Waals surface area (Å²) in [5.41, 5.74) is 3.17. The Bertz CT molecular complexity index is 1860. The lowest BCUT2D eigenvalue weighted by molar-refractivity contribution is -0.875. The number of rotatable bonds is 12. The predicted octanol–water partition coefficient (Wildman–Crippen LogP) is 5.57. The van der Waals surface area contributed by atoms with Gasteiger partial charge in [-0.1, -0.05) is 103 Å². The molecule has 0 spiro atoms. The van der Waals surface area contributed by atoms with Crippen molar-refractivity contribution in [2.45, 2.75) is 18.3 Å². The molecule has 0 aliphatic carbocycles. The minimum Gasteiger partial charge on any atom is -0.871 e. The van der Waals surface area contributed by atoms with Crippen LogP contribution in [0.1, 0.15) is 29.5 Å². The van der Waals surface area contributed by atoms with E-state index in [2.05, 4.69) is 36.4 Å². The largest absolute Gasteiger partial charge is 0.871 e. The van der Waals surface area contributed by atoms with Crippen molar-refractivity contribution < 1.29 is 44.1 Å². The number of pyridine rings is 2. The maximum atomic E-state index is 10.7. The normalized spacial score (nSPS) is 10.5. The van der Waals surface area contributed by atoms with Gasteiger partial charge in [0.25, 0.3) is 0 Å². The summed E-state index contributed by atoms with van der Waals surface area (Å²) in [6.07, 6.45) is 8.54. The van der Waals surface area contributed by atoms with Crippen molar-refractivity contribution in [2.75, 3.05) is 6.61 Å². The van der Waals surface area contributed by atoms with Crippen molar-refractivity contribution in [3.05, 3.63) is 217 Å². The fourth-order valence-corrected chi connectivity index (χ4v) is 5.76. The number of nitrogens with zero attached hydrogens (tertiary/aromatic N) is 2. The van der Waals surface area contributed by atoms with Crippen LogP contribution in [0.3, 0.4) is 0 Å². The molecule has 9 nitrogen and oxygen atoms in total. The highest BCUT2D eigenvalue weighted by molar-refractivity contribution is 6.28. The van der Waals surface area contributed by atoms with Crippen LogP contribution in [0.15, 0.2) is 201 Å². The van der Waals surface area contributed by atoms with Gasteiger partial charge in [0, 0.05) is 45.7 Å². The number of aromatic nitrogens is 2. The van der Waals surface area contributed by atoms with Gasteiger partial charge < -0.3 is 24.9 Å². The van der Waals surface area contributed by atoms with Crippen molar-refractivity contribution in [2.24, 2.45) is 0 Å². The van der Waals surface area contributed by atoms with Crippen LogP contribution in [-0.2, 0) is 10.1 Å². The molecule has 0 aliphatic rings. The van der Waals surface area contributed by atoms with Crippen LogP contribution >= 0.6 is 0 Å². The fraction of sp³-hybridized carbons (Fsp3) is 0.0909. The average Bonchev–Trinajstić information content (AvgIpc) is 3.22. The summed E-state index contributed by atoms with van der Waals surface area (Å²) in [5.74, 6) is 1.82. The standard InChI is InChI=1S/C22H21BO3.2C11H9NO2/c24-23(25)26-18-10-17-22(19-11-4-1-5-12-19,20-13-6-2-7-14-20)21-15-8-3-9-16-21;2*13-10-4-6-11(7-5-10)14-12-8-2-1-3-9-12/h1-9,11-16H,10,17-18H2;2*1-9H/q-2;;/p+2. The summed E-state index contributed by atoms with van der Waals surface area (Å²) in [6.45, 7) is 0.159. The van der Waals surface area contributed by atoms with Crippen LogP contribution in [0.4, 0.5) is 0 Å². The van der Waals surface area contributed by atoms with Gasteiger partial charge in [-0.3, -0.25) is 0 Å². The topological polar surface area (TPSA) is 122 Å². The number of phenols is 2. The highest BCUT2D eigenvalue weighted by Gasteiger charge is 2.35. The Morgan fingerprint density at radius 2 is 0.796 bits per heavy atom. The van der Waals surface area contributed by atoms with E-state index in [4.69, 9.17) is 24.5 Å². The Balaban J connectivity index is 0.000000169. The van der Waals surface area contributed by atoms with Gasteiger partial charge in [0.05, 0.1) is 7.32 Å². The fourth-order valence-electron chi connectivity index (χ4n) is 5.76. The maximum Gasteiger partial charge on any atom is 0.223 e. The molecule has 54 heavy (non-hydrogen) atoms. The van der Waals surface area contributed by atoms with Crippen molar-refractivity contribution >= 4 is 7.32 Å². The molecule has 2 heterocycles. The molecule has 0 unspecified atom stereocenters. The Labute approximate surface area is 315 Å². The third-order valence-corrected chi connectivity index (χ3v) is 8.22. The Kier molecular flexibility index (Phi) is 14.8. The molecule has 272 valence electrons. The average molecular weight is 721 g/mol. The Morgan fingerprint density at radius 3 is 1.13 bits per heavy atom. The zero-order valence-electron chi connectivity index (χ0n) is 29.6. The van der Waals surface area contributed by atoms with E-state index in [1.54, 1.807) is 82.8 Å². The van der Waals surface area contributed by atoms with Crippen LogP contribution in [0.2, 0.25) is 0 Å². The lowest BCUT2D eigenvalue weighted by atomic mass is 9.67. The molecule has 0 saturated carbocycles. The second kappa shape index (κ2) is 20.5. The summed E-state index contributed by atoms with van der Waals surface area (Å²) >= 11 is 0. The smallest absolute Gasteiger partial charge is 0.223 e. The molecule has 0 bridgehead atoms. The van der Waals surface area contributed by atoms with Crippen molar-refractivity contribution in [1.29, 1.82) is 0 Å². The summed E-state index contributed by atoms with van der Waals surface area (Å²) in [6, 6.07) is 55.5. The number of hydrogen-bond acceptors (Lipinski definition) is 7. The highest BCUT2D eigenvalue weighted by Crippen LogP contribution is 2.43. The molecule has 0 aliphatic heterocycles. The van der Waals surface area contributed by atoms with Gasteiger partial charge in [-0.25, -0.2) is 9.68 Å². The molecule has 10 heteroatoms. The maximum absolute atomic E-state index is 10.7.